The maximum absolute atomic E-state index is 6.11. The molecule has 0 bridgehead atoms. The Kier molecular flexibility index (Phi) is 4.86. The first-order chi connectivity index (χ1) is 7.15. The van der Waals surface area contributed by atoms with Gasteiger partial charge in [-0.2, -0.15) is 0 Å². The van der Waals surface area contributed by atoms with E-state index in [0.29, 0.717) is 0 Å². The molecule has 0 aliphatic heterocycles. The monoisotopic (exact) mass is 223 g/mol. The molecule has 1 rings (SSSR count). The van der Waals surface area contributed by atoms with E-state index in [4.69, 9.17) is 17.3 Å². The van der Waals surface area contributed by atoms with Crippen molar-refractivity contribution in [2.75, 3.05) is 0 Å². The minimum Gasteiger partial charge on any atom is -0.324 e. The molecule has 0 amide bonds. The molecule has 0 aromatic heterocycles. The fraction of sp³-hybridized carbons (Fsp3) is 0.385. The number of benzene rings is 1. The van der Waals surface area contributed by atoms with Gasteiger partial charge in [-0.3, -0.25) is 0 Å². The summed E-state index contributed by atoms with van der Waals surface area (Å²) in [6.07, 6.45) is 5.04. The van der Waals surface area contributed by atoms with Crippen molar-refractivity contribution in [3.8, 4) is 0 Å². The van der Waals surface area contributed by atoms with Crippen LogP contribution in [0.5, 0.6) is 0 Å². The molecule has 2 N–H and O–H groups in total. The van der Waals surface area contributed by atoms with Gasteiger partial charge in [0.25, 0.3) is 0 Å². The first kappa shape index (κ1) is 12.3. The summed E-state index contributed by atoms with van der Waals surface area (Å²) in [5, 5.41) is 0.773. The lowest BCUT2D eigenvalue weighted by Crippen LogP contribution is -2.11. The second-order valence-corrected chi connectivity index (χ2v) is 4.26. The predicted octanol–water partition coefficient (Wildman–Crippen LogP) is 4.00. The van der Waals surface area contributed by atoms with E-state index in [9.17, 15) is 0 Å². The van der Waals surface area contributed by atoms with E-state index in [-0.39, 0.29) is 6.04 Å². The van der Waals surface area contributed by atoms with Crippen LogP contribution in [-0.2, 0) is 0 Å². The van der Waals surface area contributed by atoms with Gasteiger partial charge < -0.3 is 5.73 Å². The van der Waals surface area contributed by atoms with Gasteiger partial charge in [0.1, 0.15) is 0 Å². The highest BCUT2D eigenvalue weighted by Crippen LogP contribution is 2.23. The molecule has 82 valence electrons. The molecule has 0 spiro atoms. The van der Waals surface area contributed by atoms with E-state index in [0.717, 1.165) is 24.3 Å². The zero-order valence-corrected chi connectivity index (χ0v) is 9.93. The van der Waals surface area contributed by atoms with E-state index in [1.165, 1.54) is 11.1 Å². The molecule has 0 fully saturated rings. The highest BCUT2D eigenvalue weighted by atomic mass is 35.5. The second-order valence-electron chi connectivity index (χ2n) is 3.83. The van der Waals surface area contributed by atoms with Crippen LogP contribution < -0.4 is 5.73 Å². The minimum absolute atomic E-state index is 0.113. The van der Waals surface area contributed by atoms with Crippen molar-refractivity contribution in [2.24, 2.45) is 5.73 Å². The predicted molar refractivity (Wildman–Crippen MR) is 67.2 cm³/mol. The van der Waals surface area contributed by atoms with Crippen molar-refractivity contribution in [1.29, 1.82) is 0 Å². The van der Waals surface area contributed by atoms with E-state index in [1.807, 2.05) is 24.3 Å². The molecule has 0 saturated heterocycles. The summed E-state index contributed by atoms with van der Waals surface area (Å²) >= 11 is 5.89. The lowest BCUT2D eigenvalue weighted by molar-refractivity contribution is 0.614. The highest BCUT2D eigenvalue weighted by molar-refractivity contribution is 6.30. The number of halogens is 1. The van der Waals surface area contributed by atoms with Crippen molar-refractivity contribution >= 4 is 11.6 Å². The van der Waals surface area contributed by atoms with Crippen LogP contribution in [0, 0.1) is 6.92 Å². The van der Waals surface area contributed by atoms with Gasteiger partial charge in [-0.1, -0.05) is 23.7 Å². The van der Waals surface area contributed by atoms with Crippen molar-refractivity contribution < 1.29 is 0 Å². The van der Waals surface area contributed by atoms with Gasteiger partial charge in [0.2, 0.25) is 0 Å². The first-order valence-electron chi connectivity index (χ1n) is 5.27. The summed E-state index contributed by atoms with van der Waals surface area (Å²) in [7, 11) is 0. The normalized spacial score (nSPS) is 12.5. The Morgan fingerprint density at radius 2 is 2.27 bits per heavy atom. The van der Waals surface area contributed by atoms with Crippen LogP contribution in [0.4, 0.5) is 0 Å². The Labute approximate surface area is 96.9 Å². The topological polar surface area (TPSA) is 26.0 Å². The van der Waals surface area contributed by atoms with Crippen molar-refractivity contribution in [1.82, 2.24) is 0 Å². The minimum atomic E-state index is 0.113. The van der Waals surface area contributed by atoms with Crippen LogP contribution in [0.2, 0.25) is 5.02 Å². The summed E-state index contributed by atoms with van der Waals surface area (Å²) in [5.74, 6) is 0. The lowest BCUT2D eigenvalue weighted by Gasteiger charge is -2.14. The summed E-state index contributed by atoms with van der Waals surface area (Å²) in [6, 6.07) is 6.00. The SMILES string of the molecule is C=CCCCC(N)c1ccc(Cl)cc1C. The number of hydrogen-bond acceptors (Lipinski definition) is 1. The van der Waals surface area contributed by atoms with Crippen molar-refractivity contribution in [2.45, 2.75) is 32.2 Å². The maximum Gasteiger partial charge on any atom is 0.0408 e. The summed E-state index contributed by atoms with van der Waals surface area (Å²) in [4.78, 5) is 0. The van der Waals surface area contributed by atoms with E-state index in [2.05, 4.69) is 13.5 Å². The Bertz CT molecular complexity index is 333. The van der Waals surface area contributed by atoms with Crippen molar-refractivity contribution in [3.05, 3.63) is 47.0 Å². The van der Waals surface area contributed by atoms with Crippen LogP contribution in [0.15, 0.2) is 30.9 Å². The van der Waals surface area contributed by atoms with E-state index >= 15 is 0 Å². The maximum atomic E-state index is 6.11. The average Bonchev–Trinajstić information content (AvgIpc) is 2.17. The highest BCUT2D eigenvalue weighted by Gasteiger charge is 2.08. The standard InChI is InChI=1S/C13H18ClN/c1-3-4-5-6-13(15)12-8-7-11(14)9-10(12)2/h3,7-9,13H,1,4-6,15H2,2H3. The zero-order chi connectivity index (χ0) is 11.3. The number of aryl methyl sites for hydroxylation is 1. The van der Waals surface area contributed by atoms with Crippen LogP contribution in [0.1, 0.15) is 36.4 Å². The third kappa shape index (κ3) is 3.69. The molecule has 0 radical (unpaired) electrons. The third-order valence-corrected chi connectivity index (χ3v) is 2.79. The number of allylic oxidation sites excluding steroid dienone is 1. The van der Waals surface area contributed by atoms with Gasteiger partial charge in [0.15, 0.2) is 0 Å². The molecule has 1 aromatic rings. The summed E-state index contributed by atoms with van der Waals surface area (Å²) < 4.78 is 0. The largest absolute Gasteiger partial charge is 0.324 e. The molecule has 1 unspecified atom stereocenters. The quantitative estimate of drug-likeness (QED) is 0.593. The Balaban J connectivity index is 2.64. The molecule has 1 atom stereocenters. The molecule has 2 heteroatoms. The second kappa shape index (κ2) is 5.94. The Morgan fingerprint density at radius 1 is 1.53 bits per heavy atom. The van der Waals surface area contributed by atoms with Crippen LogP contribution >= 0.6 is 11.6 Å². The van der Waals surface area contributed by atoms with E-state index < -0.39 is 0 Å². The molecule has 0 heterocycles. The number of hydrogen-bond donors (Lipinski definition) is 1. The fourth-order valence-corrected chi connectivity index (χ4v) is 1.92. The molecular formula is C13H18ClN. The van der Waals surface area contributed by atoms with Gasteiger partial charge in [-0.05, 0) is 49.4 Å². The van der Waals surface area contributed by atoms with Gasteiger partial charge in [0, 0.05) is 11.1 Å². The first-order valence-corrected chi connectivity index (χ1v) is 5.65. The van der Waals surface area contributed by atoms with Crippen LogP contribution in [0.25, 0.3) is 0 Å². The molecule has 0 aliphatic carbocycles. The number of unbranched alkanes of at least 4 members (excludes halogenated alkanes) is 1. The molecular weight excluding hydrogens is 206 g/mol. The van der Waals surface area contributed by atoms with Crippen LogP contribution in [0.3, 0.4) is 0 Å². The Morgan fingerprint density at radius 3 is 2.87 bits per heavy atom. The smallest absolute Gasteiger partial charge is 0.0408 e. The lowest BCUT2D eigenvalue weighted by atomic mass is 9.98. The van der Waals surface area contributed by atoms with Crippen LogP contribution in [-0.4, -0.2) is 0 Å². The fourth-order valence-electron chi connectivity index (χ4n) is 1.69. The molecule has 1 aromatic carbocycles. The number of nitrogens with two attached hydrogens (primary N) is 1. The van der Waals surface area contributed by atoms with Gasteiger partial charge in [-0.25, -0.2) is 0 Å². The van der Waals surface area contributed by atoms with Gasteiger partial charge >= 0.3 is 0 Å². The molecule has 15 heavy (non-hydrogen) atoms. The molecule has 1 nitrogen and oxygen atoms in total. The molecule has 0 saturated carbocycles. The summed E-state index contributed by atoms with van der Waals surface area (Å²) in [6.45, 7) is 5.75. The zero-order valence-electron chi connectivity index (χ0n) is 9.17. The van der Waals surface area contributed by atoms with Crippen molar-refractivity contribution in [3.63, 3.8) is 0 Å². The van der Waals surface area contributed by atoms with E-state index in [1.54, 1.807) is 0 Å². The Hall–Kier alpha value is -0.790. The van der Waals surface area contributed by atoms with Gasteiger partial charge in [0.05, 0.1) is 0 Å². The number of rotatable bonds is 5. The summed E-state index contributed by atoms with van der Waals surface area (Å²) in [5.41, 5.74) is 8.48. The average molecular weight is 224 g/mol. The molecule has 0 aliphatic rings. The third-order valence-electron chi connectivity index (χ3n) is 2.55. The van der Waals surface area contributed by atoms with Gasteiger partial charge in [-0.15, -0.1) is 6.58 Å².